The first-order chi connectivity index (χ1) is 11.0. The molecule has 1 aliphatic rings. The monoisotopic (exact) mass is 316 g/mol. The molecule has 1 saturated heterocycles. The van der Waals surface area contributed by atoms with E-state index in [1.807, 2.05) is 26.4 Å². The first kappa shape index (κ1) is 15.5. The normalized spacial score (nSPS) is 18.0. The number of carbonyl (C=O) groups excluding carboxylic acids is 1. The van der Waals surface area contributed by atoms with Crippen molar-refractivity contribution in [2.75, 3.05) is 18.0 Å². The molecule has 1 fully saturated rings. The molecular weight excluding hydrogens is 295 g/mol. The fourth-order valence-electron chi connectivity index (χ4n) is 2.98. The average Bonchev–Trinajstić information content (AvgIpc) is 2.96. The number of carbonyl (C=O) groups is 1. The van der Waals surface area contributed by atoms with Crippen LogP contribution in [0.1, 0.15) is 28.8 Å². The van der Waals surface area contributed by atoms with Crippen molar-refractivity contribution in [3.63, 3.8) is 0 Å². The minimum absolute atomic E-state index is 0.0105. The molecule has 0 saturated carbocycles. The number of hydrogen-bond acceptors (Lipinski definition) is 3. The lowest BCUT2D eigenvalue weighted by molar-refractivity contribution is 0.0929. The second-order valence-corrected chi connectivity index (χ2v) is 6.11. The summed E-state index contributed by atoms with van der Waals surface area (Å²) in [5.41, 5.74) is 2.04. The maximum atomic E-state index is 13.8. The Bertz CT molecular complexity index is 712. The Hall–Kier alpha value is -2.37. The van der Waals surface area contributed by atoms with E-state index in [1.165, 1.54) is 6.07 Å². The molecule has 0 bridgehead atoms. The van der Waals surface area contributed by atoms with Gasteiger partial charge in [-0.25, -0.2) is 4.39 Å². The van der Waals surface area contributed by atoms with Gasteiger partial charge in [0.15, 0.2) is 0 Å². The van der Waals surface area contributed by atoms with Gasteiger partial charge < -0.3 is 10.2 Å². The minimum Gasteiger partial charge on any atom is -0.367 e. The molecule has 0 unspecified atom stereocenters. The summed E-state index contributed by atoms with van der Waals surface area (Å²) in [6, 6.07) is 4.60. The predicted octanol–water partition coefficient (Wildman–Crippen LogP) is 2.27. The van der Waals surface area contributed by atoms with E-state index in [-0.39, 0.29) is 17.5 Å². The quantitative estimate of drug-likeness (QED) is 0.945. The highest BCUT2D eigenvalue weighted by Crippen LogP contribution is 2.19. The van der Waals surface area contributed by atoms with E-state index in [1.54, 1.807) is 16.8 Å². The first-order valence-corrected chi connectivity index (χ1v) is 7.83. The average molecular weight is 316 g/mol. The molecule has 23 heavy (non-hydrogen) atoms. The van der Waals surface area contributed by atoms with Crippen molar-refractivity contribution in [3.05, 3.63) is 47.5 Å². The number of anilines is 1. The van der Waals surface area contributed by atoms with Crippen molar-refractivity contribution in [3.8, 4) is 0 Å². The van der Waals surface area contributed by atoms with Gasteiger partial charge in [0.2, 0.25) is 0 Å². The van der Waals surface area contributed by atoms with Gasteiger partial charge in [-0.05, 0) is 31.9 Å². The van der Waals surface area contributed by atoms with Crippen LogP contribution >= 0.6 is 0 Å². The van der Waals surface area contributed by atoms with E-state index in [4.69, 9.17) is 0 Å². The van der Waals surface area contributed by atoms with Gasteiger partial charge in [0.25, 0.3) is 5.91 Å². The molecule has 5 nitrogen and oxygen atoms in total. The number of amides is 1. The van der Waals surface area contributed by atoms with Gasteiger partial charge in [0.05, 0.1) is 17.4 Å². The second-order valence-electron chi connectivity index (χ2n) is 6.11. The van der Waals surface area contributed by atoms with Crippen molar-refractivity contribution in [1.29, 1.82) is 0 Å². The van der Waals surface area contributed by atoms with Gasteiger partial charge in [-0.1, -0.05) is 11.6 Å². The number of nitrogens with one attached hydrogen (secondary N) is 1. The molecule has 2 aromatic rings. The number of nitrogens with zero attached hydrogens (tertiary/aromatic N) is 3. The van der Waals surface area contributed by atoms with Crippen LogP contribution in [0, 0.1) is 12.7 Å². The summed E-state index contributed by atoms with van der Waals surface area (Å²) < 4.78 is 15.6. The van der Waals surface area contributed by atoms with Crippen LogP contribution in [0.25, 0.3) is 0 Å². The summed E-state index contributed by atoms with van der Waals surface area (Å²) in [7, 11) is 1.88. The highest BCUT2D eigenvalue weighted by atomic mass is 19.1. The fourth-order valence-corrected chi connectivity index (χ4v) is 2.98. The number of piperidine rings is 1. The van der Waals surface area contributed by atoms with Crippen LogP contribution in [0.5, 0.6) is 0 Å². The maximum Gasteiger partial charge on any atom is 0.254 e. The predicted molar refractivity (Wildman–Crippen MR) is 87.0 cm³/mol. The van der Waals surface area contributed by atoms with Gasteiger partial charge in [-0.15, -0.1) is 0 Å². The lowest BCUT2D eigenvalue weighted by atomic mass is 10.0. The minimum atomic E-state index is -0.479. The molecule has 2 heterocycles. The Morgan fingerprint density at radius 1 is 1.43 bits per heavy atom. The van der Waals surface area contributed by atoms with Crippen LogP contribution in [-0.2, 0) is 7.05 Å². The lowest BCUT2D eigenvalue weighted by Gasteiger charge is -2.33. The molecule has 122 valence electrons. The van der Waals surface area contributed by atoms with Crippen LogP contribution < -0.4 is 10.2 Å². The lowest BCUT2D eigenvalue weighted by Crippen LogP contribution is -2.48. The molecule has 1 aliphatic heterocycles. The number of halogens is 1. The van der Waals surface area contributed by atoms with Crippen molar-refractivity contribution >= 4 is 11.6 Å². The van der Waals surface area contributed by atoms with Gasteiger partial charge in [0.1, 0.15) is 5.82 Å². The van der Waals surface area contributed by atoms with Crippen molar-refractivity contribution in [1.82, 2.24) is 15.1 Å². The van der Waals surface area contributed by atoms with Gasteiger partial charge >= 0.3 is 0 Å². The van der Waals surface area contributed by atoms with Gasteiger partial charge in [-0.2, -0.15) is 5.10 Å². The smallest absolute Gasteiger partial charge is 0.254 e. The van der Waals surface area contributed by atoms with Crippen molar-refractivity contribution in [2.24, 2.45) is 7.05 Å². The van der Waals surface area contributed by atoms with E-state index < -0.39 is 5.82 Å². The van der Waals surface area contributed by atoms with Crippen molar-refractivity contribution in [2.45, 2.75) is 25.8 Å². The summed E-state index contributed by atoms with van der Waals surface area (Å²) in [5, 5.41) is 7.15. The van der Waals surface area contributed by atoms with Crippen LogP contribution in [0.15, 0.2) is 30.6 Å². The standard InChI is InChI=1S/C17H21FN4O/c1-12-5-6-16(18)15(8-12)17(23)20-13-4-3-7-22(10-13)14-9-19-21(2)11-14/h5-6,8-9,11,13H,3-4,7,10H2,1-2H3,(H,20,23)/t13-/m0/s1. The molecule has 1 N–H and O–H groups in total. The number of rotatable bonds is 3. The number of aryl methyl sites for hydroxylation is 2. The van der Waals surface area contributed by atoms with E-state index in [9.17, 15) is 9.18 Å². The summed E-state index contributed by atoms with van der Waals surface area (Å²) in [6.07, 6.45) is 5.67. The van der Waals surface area contributed by atoms with E-state index >= 15 is 0 Å². The Morgan fingerprint density at radius 2 is 2.26 bits per heavy atom. The third-order valence-corrected chi connectivity index (χ3v) is 4.18. The Balaban J connectivity index is 1.67. The van der Waals surface area contributed by atoms with Crippen LogP contribution in [0.3, 0.4) is 0 Å². The number of benzene rings is 1. The Morgan fingerprint density at radius 3 is 3.00 bits per heavy atom. The molecule has 1 amide bonds. The zero-order valence-corrected chi connectivity index (χ0v) is 13.4. The first-order valence-electron chi connectivity index (χ1n) is 7.83. The zero-order valence-electron chi connectivity index (χ0n) is 13.4. The molecule has 6 heteroatoms. The second kappa shape index (κ2) is 6.40. The molecule has 3 rings (SSSR count). The summed E-state index contributed by atoms with van der Waals surface area (Å²) in [4.78, 5) is 14.5. The Kier molecular flexibility index (Phi) is 4.32. The third-order valence-electron chi connectivity index (χ3n) is 4.18. The van der Waals surface area contributed by atoms with Crippen LogP contribution in [0.4, 0.5) is 10.1 Å². The topological polar surface area (TPSA) is 50.2 Å². The number of hydrogen-bond donors (Lipinski definition) is 1. The molecule has 0 spiro atoms. The largest absolute Gasteiger partial charge is 0.367 e. The maximum absolute atomic E-state index is 13.8. The van der Waals surface area contributed by atoms with Gasteiger partial charge in [-0.3, -0.25) is 9.48 Å². The highest BCUT2D eigenvalue weighted by molar-refractivity contribution is 5.94. The van der Waals surface area contributed by atoms with Crippen LogP contribution in [-0.4, -0.2) is 34.8 Å². The van der Waals surface area contributed by atoms with Crippen molar-refractivity contribution < 1.29 is 9.18 Å². The third kappa shape index (κ3) is 3.52. The summed E-state index contributed by atoms with van der Waals surface area (Å²) >= 11 is 0. The fraction of sp³-hybridized carbons (Fsp3) is 0.412. The molecule has 0 aliphatic carbocycles. The van der Waals surface area contributed by atoms with E-state index in [0.717, 1.165) is 30.6 Å². The molecule has 1 aromatic carbocycles. The van der Waals surface area contributed by atoms with E-state index in [0.29, 0.717) is 6.54 Å². The summed E-state index contributed by atoms with van der Waals surface area (Å²) in [5.74, 6) is -0.822. The molecular formula is C17H21FN4O. The number of aromatic nitrogens is 2. The van der Waals surface area contributed by atoms with Gasteiger partial charge in [0, 0.05) is 32.4 Å². The molecule has 1 aromatic heterocycles. The molecule has 0 radical (unpaired) electrons. The zero-order chi connectivity index (χ0) is 16.4. The van der Waals surface area contributed by atoms with Crippen LogP contribution in [0.2, 0.25) is 0 Å². The summed E-state index contributed by atoms with van der Waals surface area (Å²) in [6.45, 7) is 3.50. The molecule has 1 atom stereocenters. The highest BCUT2D eigenvalue weighted by Gasteiger charge is 2.23. The Labute approximate surface area is 135 Å². The SMILES string of the molecule is Cc1ccc(F)c(C(=O)N[C@H]2CCCN(c3cnn(C)c3)C2)c1. The van der Waals surface area contributed by atoms with E-state index in [2.05, 4.69) is 15.3 Å².